The minimum absolute atomic E-state index is 0.194. The van der Waals surface area contributed by atoms with E-state index in [9.17, 15) is 35.5 Å². The van der Waals surface area contributed by atoms with Crippen molar-refractivity contribution >= 4 is 11.5 Å². The average Bonchev–Trinajstić information content (AvgIpc) is 2.36. The van der Waals surface area contributed by atoms with Crippen molar-refractivity contribution in [1.82, 2.24) is 0 Å². The summed E-state index contributed by atoms with van der Waals surface area (Å²) in [7, 11) is 2.65. The van der Waals surface area contributed by atoms with Gasteiger partial charge in [-0.25, -0.2) is 0 Å². The Kier molecular flexibility index (Phi) is 4.27. The molecule has 0 spiro atoms. The number of ketones is 1. The van der Waals surface area contributed by atoms with Gasteiger partial charge in [0.15, 0.2) is 0 Å². The maximum absolute atomic E-state index is 13.4. The molecule has 1 aromatic carbocycles. The monoisotopic (exact) mass is 317 g/mol. The molecule has 2 nitrogen and oxygen atoms in total. The lowest BCUT2D eigenvalue weighted by Gasteiger charge is -2.28. The molecule has 0 heterocycles. The second kappa shape index (κ2) is 5.19. The first-order valence-corrected chi connectivity index (χ1v) is 5.47. The first-order valence-electron chi connectivity index (χ1n) is 5.47. The van der Waals surface area contributed by atoms with Gasteiger partial charge in [-0.2, -0.15) is 30.7 Å². The van der Waals surface area contributed by atoms with Crippen molar-refractivity contribution in [2.75, 3.05) is 19.0 Å². The maximum atomic E-state index is 13.4. The highest BCUT2D eigenvalue weighted by molar-refractivity contribution is 6.06. The molecule has 9 heteroatoms. The predicted molar refractivity (Wildman–Crippen MR) is 61.0 cm³/mol. The molecule has 0 atom stereocenters. The van der Waals surface area contributed by atoms with Crippen LogP contribution in [-0.4, -0.2) is 37.9 Å². The molecule has 21 heavy (non-hydrogen) atoms. The van der Waals surface area contributed by atoms with E-state index >= 15 is 0 Å². The number of Topliss-reactive ketones (excluding diaryl/α,β-unsaturated/α-hetero) is 1. The van der Waals surface area contributed by atoms with Gasteiger partial charge in [0.05, 0.1) is 0 Å². The number of carbonyl (C=O) groups excluding carboxylic acids is 1. The molecule has 118 valence electrons. The van der Waals surface area contributed by atoms with E-state index in [0.29, 0.717) is 0 Å². The number of carbonyl (C=O) groups is 1. The van der Waals surface area contributed by atoms with Gasteiger partial charge in [-0.1, -0.05) is 12.1 Å². The largest absolute Gasteiger partial charge is 0.460 e. The van der Waals surface area contributed by atoms with Gasteiger partial charge in [0.1, 0.15) is 0 Å². The van der Waals surface area contributed by atoms with E-state index in [1.807, 2.05) is 0 Å². The Morgan fingerprint density at radius 1 is 0.952 bits per heavy atom. The quantitative estimate of drug-likeness (QED) is 0.622. The van der Waals surface area contributed by atoms with Crippen molar-refractivity contribution in [3.05, 3.63) is 29.8 Å². The Morgan fingerprint density at radius 3 is 1.86 bits per heavy atom. The van der Waals surface area contributed by atoms with Gasteiger partial charge < -0.3 is 4.90 Å². The molecule has 0 saturated carbocycles. The molecule has 0 aliphatic carbocycles. The number of rotatable bonds is 4. The smallest absolute Gasteiger partial charge is 0.377 e. The number of anilines is 1. The molecule has 0 unspecified atom stereocenters. The SMILES string of the molecule is CN(C)c1ccccc1C(=O)C(F)(F)C(F)(F)C(F)(F)F. The lowest BCUT2D eigenvalue weighted by Crippen LogP contribution is -2.56. The Hall–Kier alpha value is -1.80. The summed E-state index contributed by atoms with van der Waals surface area (Å²) >= 11 is 0. The van der Waals surface area contributed by atoms with Crippen molar-refractivity contribution < 1.29 is 35.5 Å². The van der Waals surface area contributed by atoms with E-state index in [2.05, 4.69) is 0 Å². The summed E-state index contributed by atoms with van der Waals surface area (Å²) < 4.78 is 88.7. The molecular weight excluding hydrogens is 307 g/mol. The summed E-state index contributed by atoms with van der Waals surface area (Å²) in [5, 5.41) is 0. The van der Waals surface area contributed by atoms with Crippen molar-refractivity contribution in [3.8, 4) is 0 Å². The van der Waals surface area contributed by atoms with Crippen LogP contribution < -0.4 is 4.90 Å². The van der Waals surface area contributed by atoms with Crippen LogP contribution in [0.2, 0.25) is 0 Å². The average molecular weight is 317 g/mol. The normalized spacial score (nSPS) is 13.2. The van der Waals surface area contributed by atoms with Gasteiger partial charge in [-0.05, 0) is 12.1 Å². The number of hydrogen-bond acceptors (Lipinski definition) is 2. The summed E-state index contributed by atoms with van der Waals surface area (Å²) in [6.07, 6.45) is -6.54. The van der Waals surface area contributed by atoms with Gasteiger partial charge in [0, 0.05) is 25.3 Å². The number of halogens is 7. The number of benzene rings is 1. The maximum Gasteiger partial charge on any atom is 0.460 e. The van der Waals surface area contributed by atoms with Gasteiger partial charge in [0.2, 0.25) is 5.78 Å². The second-order valence-electron chi connectivity index (χ2n) is 4.39. The van der Waals surface area contributed by atoms with Crippen molar-refractivity contribution in [3.63, 3.8) is 0 Å². The molecule has 0 fully saturated rings. The Morgan fingerprint density at radius 2 is 1.43 bits per heavy atom. The van der Waals surface area contributed by atoms with Crippen LogP contribution in [0, 0.1) is 0 Å². The summed E-state index contributed by atoms with van der Waals surface area (Å²) in [6, 6.07) is 4.32. The van der Waals surface area contributed by atoms with Gasteiger partial charge >= 0.3 is 18.0 Å². The van der Waals surface area contributed by atoms with Crippen LogP contribution in [0.5, 0.6) is 0 Å². The highest BCUT2D eigenvalue weighted by Gasteiger charge is 2.76. The van der Waals surface area contributed by atoms with Crippen LogP contribution >= 0.6 is 0 Å². The fourth-order valence-electron chi connectivity index (χ4n) is 1.55. The third-order valence-electron chi connectivity index (χ3n) is 2.67. The van der Waals surface area contributed by atoms with Crippen molar-refractivity contribution in [1.29, 1.82) is 0 Å². The number of nitrogens with zero attached hydrogens (tertiary/aromatic N) is 1. The second-order valence-corrected chi connectivity index (χ2v) is 4.39. The van der Waals surface area contributed by atoms with E-state index in [-0.39, 0.29) is 5.69 Å². The zero-order valence-corrected chi connectivity index (χ0v) is 10.8. The third kappa shape index (κ3) is 2.81. The summed E-state index contributed by atoms with van der Waals surface area (Å²) in [5.41, 5.74) is -1.11. The lowest BCUT2D eigenvalue weighted by molar-refractivity contribution is -0.339. The number of hydrogen-bond donors (Lipinski definition) is 0. The fourth-order valence-corrected chi connectivity index (χ4v) is 1.55. The van der Waals surface area contributed by atoms with Crippen molar-refractivity contribution in [2.24, 2.45) is 0 Å². The minimum Gasteiger partial charge on any atom is -0.377 e. The highest BCUT2D eigenvalue weighted by atomic mass is 19.4. The Bertz CT molecular complexity index is 537. The van der Waals surface area contributed by atoms with Crippen LogP contribution in [0.15, 0.2) is 24.3 Å². The molecule has 0 amide bonds. The van der Waals surface area contributed by atoms with Crippen molar-refractivity contribution in [2.45, 2.75) is 18.0 Å². The van der Waals surface area contributed by atoms with Gasteiger partial charge in [-0.3, -0.25) is 4.79 Å². The highest BCUT2D eigenvalue weighted by Crippen LogP contribution is 2.48. The lowest BCUT2D eigenvalue weighted by atomic mass is 9.98. The first-order chi connectivity index (χ1) is 9.34. The Balaban J connectivity index is 3.38. The van der Waals surface area contributed by atoms with Crippen LogP contribution in [-0.2, 0) is 0 Å². The summed E-state index contributed by atoms with van der Waals surface area (Å²) in [6.45, 7) is 0. The fraction of sp³-hybridized carbons (Fsp3) is 0.417. The molecule has 0 saturated heterocycles. The molecular formula is C12H10F7NO. The number of para-hydroxylation sites is 1. The van der Waals surface area contributed by atoms with Crippen LogP contribution in [0.3, 0.4) is 0 Å². The third-order valence-corrected chi connectivity index (χ3v) is 2.67. The zero-order chi connectivity index (χ0) is 16.6. The molecule has 0 radical (unpaired) electrons. The molecule has 0 aromatic heterocycles. The van der Waals surface area contributed by atoms with E-state index in [4.69, 9.17) is 0 Å². The number of alkyl halides is 7. The van der Waals surface area contributed by atoms with E-state index < -0.39 is 29.4 Å². The van der Waals surface area contributed by atoms with Gasteiger partial charge in [0.25, 0.3) is 0 Å². The molecule has 0 aliphatic rings. The van der Waals surface area contributed by atoms with Crippen LogP contribution in [0.1, 0.15) is 10.4 Å². The standard InChI is InChI=1S/C12H10F7NO/c1-20(2)8-6-4-3-5-7(8)9(21)10(13,14)11(15,16)12(17,18)19/h3-6H,1-2H3. The van der Waals surface area contributed by atoms with E-state index in [1.54, 1.807) is 0 Å². The topological polar surface area (TPSA) is 20.3 Å². The molecule has 1 rings (SSSR count). The summed E-state index contributed by atoms with van der Waals surface area (Å²) in [4.78, 5) is 12.7. The van der Waals surface area contributed by atoms with E-state index in [0.717, 1.165) is 23.1 Å². The Labute approximate surface area is 115 Å². The van der Waals surface area contributed by atoms with Crippen LogP contribution in [0.4, 0.5) is 36.4 Å². The minimum atomic E-state index is -6.54. The van der Waals surface area contributed by atoms with Gasteiger partial charge in [-0.15, -0.1) is 0 Å². The molecule has 0 aliphatic heterocycles. The molecule has 0 N–H and O–H groups in total. The molecule has 0 bridgehead atoms. The predicted octanol–water partition coefficient (Wildman–Crippen LogP) is 3.77. The molecule has 1 aromatic rings. The van der Waals surface area contributed by atoms with E-state index in [1.165, 1.54) is 20.2 Å². The first kappa shape index (κ1) is 17.3. The summed E-state index contributed by atoms with van der Waals surface area (Å²) in [5.74, 6) is -15.0. The zero-order valence-electron chi connectivity index (χ0n) is 10.8. The van der Waals surface area contributed by atoms with Crippen LogP contribution in [0.25, 0.3) is 0 Å².